The van der Waals surface area contributed by atoms with Gasteiger partial charge in [0.1, 0.15) is 6.54 Å². The third-order valence-electron chi connectivity index (χ3n) is 4.98. The van der Waals surface area contributed by atoms with Gasteiger partial charge in [-0.2, -0.15) is 0 Å². The smallest absolute Gasteiger partial charge is 0.325 e. The van der Waals surface area contributed by atoms with Gasteiger partial charge in [0.05, 0.1) is 19.1 Å². The molecule has 8 heteroatoms. The minimum Gasteiger partial charge on any atom is -0.468 e. The van der Waals surface area contributed by atoms with Crippen molar-refractivity contribution < 1.29 is 19.1 Å². The summed E-state index contributed by atoms with van der Waals surface area (Å²) in [6.45, 7) is 3.65. The Balaban J connectivity index is 1.67. The van der Waals surface area contributed by atoms with Crippen molar-refractivity contribution in [3.05, 3.63) is 82.1 Å². The Morgan fingerprint density at radius 3 is 2.41 bits per heavy atom. The van der Waals surface area contributed by atoms with Crippen LogP contribution in [0, 0.1) is 13.8 Å². The maximum atomic E-state index is 12.9. The first kappa shape index (κ1) is 23.1. The topological polar surface area (TPSA) is 89.4 Å². The zero-order valence-electron chi connectivity index (χ0n) is 18.1. The second-order valence-electron chi connectivity index (χ2n) is 7.28. The minimum atomic E-state index is -0.508. The monoisotopic (exact) mass is 453 g/mol. The molecule has 0 saturated carbocycles. The van der Waals surface area contributed by atoms with E-state index in [1.54, 1.807) is 30.3 Å². The zero-order valence-corrected chi connectivity index (χ0v) is 18.8. The summed E-state index contributed by atoms with van der Waals surface area (Å²) >= 11 is 6.12. The second kappa shape index (κ2) is 10.2. The molecule has 0 saturated heterocycles. The van der Waals surface area contributed by atoms with Crippen LogP contribution in [0.1, 0.15) is 27.3 Å². The molecule has 7 nitrogen and oxygen atoms in total. The third-order valence-corrected chi connectivity index (χ3v) is 5.21. The summed E-state index contributed by atoms with van der Waals surface area (Å²) in [5, 5.41) is 6.00. The highest BCUT2D eigenvalue weighted by Crippen LogP contribution is 2.24. The van der Waals surface area contributed by atoms with Gasteiger partial charge < -0.3 is 19.9 Å². The number of carbonyl (C=O) groups is 3. The number of amides is 2. The van der Waals surface area contributed by atoms with Crippen LogP contribution in [-0.2, 0) is 20.7 Å². The molecule has 0 fully saturated rings. The van der Waals surface area contributed by atoms with E-state index in [1.807, 2.05) is 42.7 Å². The largest absolute Gasteiger partial charge is 0.468 e. The highest BCUT2D eigenvalue weighted by molar-refractivity contribution is 6.30. The molecule has 1 heterocycles. The van der Waals surface area contributed by atoms with E-state index in [4.69, 9.17) is 11.6 Å². The number of benzene rings is 2. The highest BCUT2D eigenvalue weighted by Gasteiger charge is 2.17. The fourth-order valence-electron chi connectivity index (χ4n) is 3.40. The van der Waals surface area contributed by atoms with Gasteiger partial charge in [-0.25, -0.2) is 0 Å². The number of carbonyl (C=O) groups excluding carboxylic acids is 3. The summed E-state index contributed by atoms with van der Waals surface area (Å²) in [7, 11) is 1.26. The fraction of sp³-hybridized carbons (Fsp3) is 0.208. The molecule has 2 N–H and O–H groups in total. The van der Waals surface area contributed by atoms with Gasteiger partial charge in [-0.3, -0.25) is 14.4 Å². The SMILES string of the molecule is COC(=O)CNC(=O)Cc1ccc(NC(=O)c2cc(C)n(-c3cccc(Cl)c3)c2C)cc1. The van der Waals surface area contributed by atoms with Gasteiger partial charge in [-0.1, -0.05) is 29.8 Å². The molecule has 1 aromatic heterocycles. The average molecular weight is 454 g/mol. The third kappa shape index (κ3) is 5.56. The molecule has 0 unspecified atom stereocenters. The summed E-state index contributed by atoms with van der Waals surface area (Å²) in [6, 6.07) is 16.3. The van der Waals surface area contributed by atoms with Gasteiger partial charge in [0.25, 0.3) is 5.91 Å². The maximum Gasteiger partial charge on any atom is 0.325 e. The van der Waals surface area contributed by atoms with Crippen LogP contribution in [0.15, 0.2) is 54.6 Å². The second-order valence-corrected chi connectivity index (χ2v) is 7.72. The van der Waals surface area contributed by atoms with Crippen LogP contribution in [0.2, 0.25) is 5.02 Å². The van der Waals surface area contributed by atoms with Crippen LogP contribution in [-0.4, -0.2) is 36.0 Å². The molecule has 0 bridgehead atoms. The van der Waals surface area contributed by atoms with Crippen molar-refractivity contribution in [2.45, 2.75) is 20.3 Å². The first-order valence-electron chi connectivity index (χ1n) is 9.97. The number of nitrogens with one attached hydrogen (secondary N) is 2. The van der Waals surface area contributed by atoms with E-state index in [-0.39, 0.29) is 24.8 Å². The van der Waals surface area contributed by atoms with E-state index in [9.17, 15) is 14.4 Å². The van der Waals surface area contributed by atoms with Crippen molar-refractivity contribution in [3.8, 4) is 5.69 Å². The summed E-state index contributed by atoms with van der Waals surface area (Å²) in [6.07, 6.45) is 0.117. The molecule has 166 valence electrons. The lowest BCUT2D eigenvalue weighted by Crippen LogP contribution is -2.31. The highest BCUT2D eigenvalue weighted by atomic mass is 35.5. The minimum absolute atomic E-state index is 0.117. The number of esters is 1. The molecule has 32 heavy (non-hydrogen) atoms. The number of anilines is 1. The first-order chi connectivity index (χ1) is 15.3. The Bertz CT molecular complexity index is 1150. The summed E-state index contributed by atoms with van der Waals surface area (Å²) < 4.78 is 6.47. The van der Waals surface area contributed by atoms with E-state index in [2.05, 4.69) is 15.4 Å². The zero-order chi connectivity index (χ0) is 23.3. The Kier molecular flexibility index (Phi) is 7.33. The van der Waals surface area contributed by atoms with Gasteiger partial charge in [-0.05, 0) is 55.8 Å². The number of aryl methyl sites for hydroxylation is 1. The van der Waals surface area contributed by atoms with Crippen molar-refractivity contribution in [1.82, 2.24) is 9.88 Å². The van der Waals surface area contributed by atoms with E-state index < -0.39 is 5.97 Å². The molecule has 3 aromatic rings. The standard InChI is InChI=1S/C24H24ClN3O4/c1-15-11-21(16(2)28(15)20-6-4-5-18(25)13-20)24(31)27-19-9-7-17(8-10-19)12-22(29)26-14-23(30)32-3/h4-11,13H,12,14H2,1-3H3,(H,26,29)(H,27,31). The van der Waals surface area contributed by atoms with Gasteiger partial charge in [0.15, 0.2) is 0 Å². The lowest BCUT2D eigenvalue weighted by atomic mass is 10.1. The fourth-order valence-corrected chi connectivity index (χ4v) is 3.58. The predicted molar refractivity (Wildman–Crippen MR) is 123 cm³/mol. The van der Waals surface area contributed by atoms with Gasteiger partial charge in [0.2, 0.25) is 5.91 Å². The van der Waals surface area contributed by atoms with Crippen LogP contribution in [0.25, 0.3) is 5.69 Å². The first-order valence-corrected chi connectivity index (χ1v) is 10.3. The van der Waals surface area contributed by atoms with Crippen LogP contribution < -0.4 is 10.6 Å². The molecular weight excluding hydrogens is 430 g/mol. The maximum absolute atomic E-state index is 12.9. The molecule has 3 rings (SSSR count). The summed E-state index contributed by atoms with van der Waals surface area (Å²) in [5.41, 5.74) is 4.55. The van der Waals surface area contributed by atoms with E-state index in [1.165, 1.54) is 7.11 Å². The molecule has 0 radical (unpaired) electrons. The Labute approximate surface area is 191 Å². The Hall–Kier alpha value is -3.58. The summed E-state index contributed by atoms with van der Waals surface area (Å²) in [5.74, 6) is -1.03. The lowest BCUT2D eigenvalue weighted by molar-refractivity contribution is -0.141. The van der Waals surface area contributed by atoms with Crippen LogP contribution in [0.4, 0.5) is 5.69 Å². The number of ether oxygens (including phenoxy) is 1. The number of hydrogen-bond donors (Lipinski definition) is 2. The number of halogens is 1. The molecule has 0 spiro atoms. The van der Waals surface area contributed by atoms with Crippen molar-refractivity contribution in [1.29, 1.82) is 0 Å². The molecule has 0 aliphatic heterocycles. The van der Waals surface area contributed by atoms with Gasteiger partial charge >= 0.3 is 5.97 Å². The van der Waals surface area contributed by atoms with Crippen molar-refractivity contribution in [2.24, 2.45) is 0 Å². The number of nitrogens with zero attached hydrogens (tertiary/aromatic N) is 1. The summed E-state index contributed by atoms with van der Waals surface area (Å²) in [4.78, 5) is 35.9. The van der Waals surface area contributed by atoms with Crippen molar-refractivity contribution >= 4 is 35.1 Å². The van der Waals surface area contributed by atoms with Crippen LogP contribution in [0.3, 0.4) is 0 Å². The Morgan fingerprint density at radius 1 is 1.03 bits per heavy atom. The molecular formula is C24H24ClN3O4. The van der Waals surface area contributed by atoms with E-state index in [0.29, 0.717) is 16.3 Å². The number of rotatable bonds is 7. The van der Waals surface area contributed by atoms with E-state index in [0.717, 1.165) is 22.6 Å². The average Bonchev–Trinajstić information content (AvgIpc) is 3.07. The van der Waals surface area contributed by atoms with Crippen LogP contribution in [0.5, 0.6) is 0 Å². The lowest BCUT2D eigenvalue weighted by Gasteiger charge is -2.11. The van der Waals surface area contributed by atoms with Crippen molar-refractivity contribution in [3.63, 3.8) is 0 Å². The van der Waals surface area contributed by atoms with Crippen molar-refractivity contribution in [2.75, 3.05) is 19.0 Å². The molecule has 0 atom stereocenters. The normalized spacial score (nSPS) is 10.5. The predicted octanol–water partition coefficient (Wildman–Crippen LogP) is 3.83. The van der Waals surface area contributed by atoms with Gasteiger partial charge in [-0.15, -0.1) is 0 Å². The number of aromatic nitrogens is 1. The molecule has 0 aliphatic rings. The van der Waals surface area contributed by atoms with Gasteiger partial charge in [0, 0.05) is 27.8 Å². The quantitative estimate of drug-likeness (QED) is 0.532. The number of hydrogen-bond acceptors (Lipinski definition) is 4. The number of methoxy groups -OCH3 is 1. The van der Waals surface area contributed by atoms with E-state index >= 15 is 0 Å². The molecule has 2 amide bonds. The van der Waals surface area contributed by atoms with Crippen LogP contribution >= 0.6 is 11.6 Å². The Morgan fingerprint density at radius 2 is 1.75 bits per heavy atom. The molecule has 0 aliphatic carbocycles. The molecule has 2 aromatic carbocycles.